The second-order valence-corrected chi connectivity index (χ2v) is 7.85. The van der Waals surface area contributed by atoms with Gasteiger partial charge >= 0.3 is 0 Å². The van der Waals surface area contributed by atoms with Gasteiger partial charge in [0.1, 0.15) is 0 Å². The van der Waals surface area contributed by atoms with E-state index in [4.69, 9.17) is 0 Å². The van der Waals surface area contributed by atoms with Gasteiger partial charge in [0.2, 0.25) is 0 Å². The maximum absolute atomic E-state index is 4.50. The van der Waals surface area contributed by atoms with Crippen molar-refractivity contribution in [3.05, 3.63) is 17.0 Å². The second kappa shape index (κ2) is 10.4. The number of nitrogens with one attached hydrogen (secondary N) is 2. The van der Waals surface area contributed by atoms with Crippen LogP contribution in [0.1, 0.15) is 37.7 Å². The van der Waals surface area contributed by atoms with E-state index in [9.17, 15) is 0 Å². The van der Waals surface area contributed by atoms with Crippen molar-refractivity contribution in [1.29, 1.82) is 0 Å². The lowest BCUT2D eigenvalue weighted by atomic mass is 9.93. The van der Waals surface area contributed by atoms with Gasteiger partial charge in [0.25, 0.3) is 0 Å². The number of guanidine groups is 1. The van der Waals surface area contributed by atoms with Crippen LogP contribution in [-0.4, -0.2) is 60.9 Å². The van der Waals surface area contributed by atoms with E-state index in [0.717, 1.165) is 31.2 Å². The van der Waals surface area contributed by atoms with Gasteiger partial charge in [0.05, 0.1) is 5.69 Å². The molecule has 1 heterocycles. The van der Waals surface area contributed by atoms with E-state index < -0.39 is 0 Å². The standard InChI is InChI=1S/C18H36N6.HI/c1-13(10-16-14(2)22-24(9)15(16)3)21-17(19-6)20-11-18(4,5)12-23(7)8;/h13H,10-12H2,1-9H3,(H2,19,20,21);1H. The Balaban J connectivity index is 0.00000576. The molecule has 1 unspecified atom stereocenters. The molecule has 0 aromatic carbocycles. The van der Waals surface area contributed by atoms with Crippen LogP contribution in [0.3, 0.4) is 0 Å². The van der Waals surface area contributed by atoms with E-state index in [2.05, 4.69) is 74.3 Å². The van der Waals surface area contributed by atoms with Crippen LogP contribution < -0.4 is 10.6 Å². The summed E-state index contributed by atoms with van der Waals surface area (Å²) in [6, 6.07) is 0.287. The summed E-state index contributed by atoms with van der Waals surface area (Å²) in [6.45, 7) is 12.8. The van der Waals surface area contributed by atoms with Crippen molar-refractivity contribution < 1.29 is 0 Å². The zero-order valence-corrected chi connectivity index (χ0v) is 19.7. The summed E-state index contributed by atoms with van der Waals surface area (Å²) in [5.74, 6) is 0.855. The van der Waals surface area contributed by atoms with E-state index in [1.54, 1.807) is 0 Å². The Morgan fingerprint density at radius 3 is 2.36 bits per heavy atom. The number of aryl methyl sites for hydroxylation is 2. The number of hydrogen-bond donors (Lipinski definition) is 2. The molecular formula is C18H37IN6. The molecule has 0 aliphatic carbocycles. The lowest BCUT2D eigenvalue weighted by molar-refractivity contribution is 0.241. The molecule has 0 aliphatic heterocycles. The molecular weight excluding hydrogens is 427 g/mol. The molecule has 6 nitrogen and oxygen atoms in total. The second-order valence-electron chi connectivity index (χ2n) is 7.85. The molecule has 0 spiro atoms. The predicted molar refractivity (Wildman–Crippen MR) is 118 cm³/mol. The van der Waals surface area contributed by atoms with Gasteiger partial charge in [0.15, 0.2) is 5.96 Å². The minimum Gasteiger partial charge on any atom is -0.356 e. The Morgan fingerprint density at radius 2 is 1.92 bits per heavy atom. The zero-order valence-electron chi connectivity index (χ0n) is 17.4. The number of aliphatic imine (C=N–C) groups is 1. The Kier molecular flexibility index (Phi) is 10.0. The molecule has 0 fully saturated rings. The fourth-order valence-corrected chi connectivity index (χ4v) is 3.13. The molecule has 0 radical (unpaired) electrons. The maximum atomic E-state index is 4.50. The van der Waals surface area contributed by atoms with Gasteiger partial charge in [0, 0.05) is 38.9 Å². The molecule has 1 aromatic rings. The van der Waals surface area contributed by atoms with Gasteiger partial charge in [-0.2, -0.15) is 5.10 Å². The van der Waals surface area contributed by atoms with Crippen molar-refractivity contribution in [2.24, 2.45) is 17.5 Å². The van der Waals surface area contributed by atoms with E-state index >= 15 is 0 Å². The van der Waals surface area contributed by atoms with E-state index in [0.29, 0.717) is 0 Å². The molecule has 1 aromatic heterocycles. The monoisotopic (exact) mass is 464 g/mol. The Hall–Kier alpha value is -0.830. The minimum absolute atomic E-state index is 0. The molecule has 1 atom stereocenters. The Bertz CT molecular complexity index is 562. The lowest BCUT2D eigenvalue weighted by Gasteiger charge is -2.29. The van der Waals surface area contributed by atoms with Gasteiger partial charge in [-0.3, -0.25) is 9.67 Å². The first-order valence-electron chi connectivity index (χ1n) is 8.66. The molecule has 0 aliphatic rings. The quantitative estimate of drug-likeness (QED) is 0.370. The number of rotatable bonds is 7. The molecule has 0 amide bonds. The van der Waals surface area contributed by atoms with Crippen molar-refractivity contribution in [1.82, 2.24) is 25.3 Å². The van der Waals surface area contributed by atoms with Crippen LogP contribution in [0.4, 0.5) is 0 Å². The van der Waals surface area contributed by atoms with Crippen LogP contribution in [-0.2, 0) is 13.5 Å². The molecule has 2 N–H and O–H groups in total. The summed E-state index contributed by atoms with van der Waals surface area (Å²) in [4.78, 5) is 6.58. The van der Waals surface area contributed by atoms with E-state index in [-0.39, 0.29) is 35.4 Å². The number of halogens is 1. The summed E-state index contributed by atoms with van der Waals surface area (Å²) >= 11 is 0. The highest BCUT2D eigenvalue weighted by Gasteiger charge is 2.20. The SMILES string of the molecule is CN=C(NCC(C)(C)CN(C)C)NC(C)Cc1c(C)nn(C)c1C.I. The van der Waals surface area contributed by atoms with Crippen LogP contribution in [0, 0.1) is 19.3 Å². The van der Waals surface area contributed by atoms with Gasteiger partial charge in [-0.15, -0.1) is 24.0 Å². The van der Waals surface area contributed by atoms with Crippen molar-refractivity contribution >= 4 is 29.9 Å². The smallest absolute Gasteiger partial charge is 0.191 e. The van der Waals surface area contributed by atoms with Gasteiger partial charge < -0.3 is 15.5 Å². The largest absolute Gasteiger partial charge is 0.356 e. The van der Waals surface area contributed by atoms with E-state index in [1.165, 1.54) is 11.3 Å². The third-order valence-corrected chi connectivity index (χ3v) is 4.25. The van der Waals surface area contributed by atoms with Crippen molar-refractivity contribution in [3.63, 3.8) is 0 Å². The van der Waals surface area contributed by atoms with Crippen LogP contribution in [0.25, 0.3) is 0 Å². The first-order valence-corrected chi connectivity index (χ1v) is 8.66. The first kappa shape index (κ1) is 24.2. The minimum atomic E-state index is 0. The first-order chi connectivity index (χ1) is 11.1. The Morgan fingerprint density at radius 1 is 1.32 bits per heavy atom. The normalized spacial score (nSPS) is 13.6. The van der Waals surface area contributed by atoms with E-state index in [1.807, 2.05) is 18.8 Å². The highest BCUT2D eigenvalue weighted by molar-refractivity contribution is 14.0. The molecule has 7 heteroatoms. The van der Waals surface area contributed by atoms with Crippen molar-refractivity contribution in [2.75, 3.05) is 34.2 Å². The van der Waals surface area contributed by atoms with Crippen LogP contribution in [0.5, 0.6) is 0 Å². The molecule has 0 saturated heterocycles. The van der Waals surface area contributed by atoms with Crippen molar-refractivity contribution in [2.45, 2.75) is 47.1 Å². The average molecular weight is 464 g/mol. The van der Waals surface area contributed by atoms with Gasteiger partial charge in [-0.25, -0.2) is 0 Å². The molecule has 0 saturated carbocycles. The summed E-state index contributed by atoms with van der Waals surface area (Å²) in [7, 11) is 8.03. The summed E-state index contributed by atoms with van der Waals surface area (Å²) in [5, 5.41) is 11.4. The van der Waals surface area contributed by atoms with Crippen LogP contribution >= 0.6 is 24.0 Å². The molecule has 146 valence electrons. The highest BCUT2D eigenvalue weighted by atomic mass is 127. The molecule has 1 rings (SSSR count). The third-order valence-electron chi connectivity index (χ3n) is 4.25. The fourth-order valence-electron chi connectivity index (χ4n) is 3.13. The number of nitrogens with zero attached hydrogens (tertiary/aromatic N) is 4. The summed E-state index contributed by atoms with van der Waals surface area (Å²) in [5.41, 5.74) is 3.84. The third kappa shape index (κ3) is 7.94. The van der Waals surface area contributed by atoms with Gasteiger partial charge in [-0.05, 0) is 52.3 Å². The highest BCUT2D eigenvalue weighted by Crippen LogP contribution is 2.15. The lowest BCUT2D eigenvalue weighted by Crippen LogP contribution is -2.47. The van der Waals surface area contributed by atoms with Gasteiger partial charge in [-0.1, -0.05) is 13.8 Å². The summed E-state index contributed by atoms with van der Waals surface area (Å²) in [6.07, 6.45) is 0.938. The van der Waals surface area contributed by atoms with Crippen molar-refractivity contribution in [3.8, 4) is 0 Å². The Labute approximate surface area is 170 Å². The van der Waals surface area contributed by atoms with Crippen LogP contribution in [0.2, 0.25) is 0 Å². The zero-order chi connectivity index (χ0) is 18.5. The fraction of sp³-hybridized carbons (Fsp3) is 0.778. The molecule has 25 heavy (non-hydrogen) atoms. The predicted octanol–water partition coefficient (Wildman–Crippen LogP) is 2.34. The maximum Gasteiger partial charge on any atom is 0.191 e. The number of hydrogen-bond acceptors (Lipinski definition) is 3. The van der Waals surface area contributed by atoms with Crippen LogP contribution in [0.15, 0.2) is 4.99 Å². The topological polar surface area (TPSA) is 57.5 Å². The molecule has 0 bridgehead atoms. The summed E-state index contributed by atoms with van der Waals surface area (Å²) < 4.78 is 1.95. The number of aromatic nitrogens is 2. The average Bonchev–Trinajstić information content (AvgIpc) is 2.68.